The highest BCUT2D eigenvalue weighted by molar-refractivity contribution is 7.47. The van der Waals surface area contributed by atoms with E-state index < -0.39 is 20.5 Å². The zero-order chi connectivity index (χ0) is 27.1. The largest absolute Gasteiger partial charge is 0.472 e. The topological polar surface area (TPSA) is 102 Å². The molecular formula is C27H55NO7P+. The molecule has 0 aromatic rings. The molecular weight excluding hydrogens is 481 g/mol. The number of quaternary nitrogens is 1. The first-order valence-electron chi connectivity index (χ1n) is 14.0. The van der Waals surface area contributed by atoms with Crippen molar-refractivity contribution in [3.8, 4) is 0 Å². The van der Waals surface area contributed by atoms with Gasteiger partial charge in [0.2, 0.25) is 0 Å². The van der Waals surface area contributed by atoms with Crippen LogP contribution in [0.5, 0.6) is 0 Å². The van der Waals surface area contributed by atoms with Crippen LogP contribution in [0.1, 0.15) is 103 Å². The van der Waals surface area contributed by atoms with Gasteiger partial charge in [-0.05, 0) is 32.1 Å². The first-order chi connectivity index (χ1) is 17.1. The number of carbonyl (C=O) groups is 1. The molecule has 0 aliphatic heterocycles. The Balaban J connectivity index is 3.57. The monoisotopic (exact) mass is 536 g/mol. The number of unbranched alkanes of at least 4 members (excludes halogenated alkanes) is 12. The van der Waals surface area contributed by atoms with E-state index in [1.54, 1.807) is 0 Å². The van der Waals surface area contributed by atoms with Crippen molar-refractivity contribution in [2.45, 2.75) is 109 Å². The van der Waals surface area contributed by atoms with Gasteiger partial charge in [-0.3, -0.25) is 13.8 Å². The molecule has 9 heteroatoms. The Morgan fingerprint density at radius 1 is 0.833 bits per heavy atom. The van der Waals surface area contributed by atoms with Crippen molar-refractivity contribution in [3.05, 3.63) is 12.2 Å². The molecule has 2 atom stereocenters. The molecule has 1 unspecified atom stereocenters. The fourth-order valence-electron chi connectivity index (χ4n) is 3.47. The van der Waals surface area contributed by atoms with Crippen molar-refractivity contribution in [2.24, 2.45) is 0 Å². The molecule has 214 valence electrons. The van der Waals surface area contributed by atoms with E-state index in [0.717, 1.165) is 32.1 Å². The van der Waals surface area contributed by atoms with Crippen molar-refractivity contribution < 1.29 is 37.6 Å². The number of likely N-dealkylation sites (N-methyl/N-ethyl adjacent to an activating group) is 1. The van der Waals surface area contributed by atoms with Crippen molar-refractivity contribution in [1.29, 1.82) is 0 Å². The Kier molecular flexibility index (Phi) is 21.8. The number of allylic oxidation sites excluding steroid dienone is 2. The minimum absolute atomic E-state index is 0.0539. The number of aliphatic hydroxyl groups is 1. The second-order valence-electron chi connectivity index (χ2n) is 10.6. The third-order valence-corrected chi connectivity index (χ3v) is 6.76. The normalized spacial score (nSPS) is 14.7. The van der Waals surface area contributed by atoms with Crippen LogP contribution >= 0.6 is 7.82 Å². The van der Waals surface area contributed by atoms with Crippen LogP contribution in [0, 0.1) is 0 Å². The van der Waals surface area contributed by atoms with Gasteiger partial charge in [-0.1, -0.05) is 76.9 Å². The quantitative estimate of drug-likeness (QED) is 0.0474. The predicted molar refractivity (Wildman–Crippen MR) is 146 cm³/mol. The molecule has 0 heterocycles. The summed E-state index contributed by atoms with van der Waals surface area (Å²) in [6, 6.07) is 0. The van der Waals surface area contributed by atoms with E-state index >= 15 is 0 Å². The Morgan fingerprint density at radius 2 is 1.36 bits per heavy atom. The van der Waals surface area contributed by atoms with Crippen LogP contribution in [-0.2, 0) is 23.1 Å². The maximum atomic E-state index is 11.8. The average molecular weight is 537 g/mol. The maximum absolute atomic E-state index is 11.8. The number of esters is 1. The Labute approximate surface area is 220 Å². The number of nitrogens with zero attached hydrogens (tertiary/aromatic N) is 1. The van der Waals surface area contributed by atoms with Crippen LogP contribution in [0.2, 0.25) is 0 Å². The minimum Gasteiger partial charge on any atom is -0.463 e. The van der Waals surface area contributed by atoms with E-state index in [0.29, 0.717) is 17.4 Å². The summed E-state index contributed by atoms with van der Waals surface area (Å²) in [4.78, 5) is 21.4. The second kappa shape index (κ2) is 22.2. The summed E-state index contributed by atoms with van der Waals surface area (Å²) in [6.45, 7) is 2.12. The molecule has 0 spiro atoms. The Bertz CT molecular complexity index is 607. The first kappa shape index (κ1) is 35.2. The summed E-state index contributed by atoms with van der Waals surface area (Å²) in [5.74, 6) is -0.381. The van der Waals surface area contributed by atoms with E-state index in [1.165, 1.54) is 57.8 Å². The van der Waals surface area contributed by atoms with Gasteiger partial charge in [0.25, 0.3) is 0 Å². The zero-order valence-electron chi connectivity index (χ0n) is 23.5. The van der Waals surface area contributed by atoms with Gasteiger partial charge in [0.15, 0.2) is 0 Å². The van der Waals surface area contributed by atoms with Crippen molar-refractivity contribution in [2.75, 3.05) is 47.5 Å². The number of ether oxygens (including phenoxy) is 1. The molecule has 36 heavy (non-hydrogen) atoms. The van der Waals surface area contributed by atoms with E-state index in [1.807, 2.05) is 21.1 Å². The molecule has 0 bridgehead atoms. The number of phosphoric ester groups is 1. The molecule has 0 aliphatic rings. The van der Waals surface area contributed by atoms with Gasteiger partial charge in [0.05, 0.1) is 27.7 Å². The minimum atomic E-state index is -4.24. The van der Waals surface area contributed by atoms with Crippen LogP contribution < -0.4 is 0 Å². The van der Waals surface area contributed by atoms with Gasteiger partial charge >= 0.3 is 13.8 Å². The summed E-state index contributed by atoms with van der Waals surface area (Å²) in [7, 11) is 1.56. The van der Waals surface area contributed by atoms with E-state index in [-0.39, 0.29) is 19.2 Å². The van der Waals surface area contributed by atoms with Crippen LogP contribution in [0.3, 0.4) is 0 Å². The summed E-state index contributed by atoms with van der Waals surface area (Å²) in [6.07, 6.45) is 20.7. The number of phosphoric acid groups is 1. The number of carbonyl (C=O) groups excluding carboxylic acids is 1. The van der Waals surface area contributed by atoms with Gasteiger partial charge in [0.1, 0.15) is 25.9 Å². The van der Waals surface area contributed by atoms with Crippen LogP contribution in [0.15, 0.2) is 12.2 Å². The van der Waals surface area contributed by atoms with Gasteiger partial charge in [-0.25, -0.2) is 4.57 Å². The molecule has 8 nitrogen and oxygen atoms in total. The van der Waals surface area contributed by atoms with Crippen molar-refractivity contribution in [3.63, 3.8) is 0 Å². The van der Waals surface area contributed by atoms with E-state index in [4.69, 9.17) is 13.8 Å². The van der Waals surface area contributed by atoms with Crippen LogP contribution in [0.25, 0.3) is 0 Å². The zero-order valence-corrected chi connectivity index (χ0v) is 24.4. The molecule has 0 saturated heterocycles. The maximum Gasteiger partial charge on any atom is 0.472 e. The SMILES string of the molecule is CCCCCCCCC/C=C\CCCCCCCC(=O)OC[C@@H](O)COP(=O)(O)OCC[N+](C)(C)C. The van der Waals surface area contributed by atoms with E-state index in [9.17, 15) is 19.4 Å². The summed E-state index contributed by atoms with van der Waals surface area (Å²) in [5, 5.41) is 9.83. The van der Waals surface area contributed by atoms with Gasteiger partial charge in [-0.2, -0.15) is 0 Å². The standard InChI is InChI=1S/C27H54NO7P/c1-5-6-7-8-9-10-11-12-13-14-15-16-17-18-19-20-21-27(30)33-24-26(29)25-35-36(31,32)34-23-22-28(2,3)4/h13-14,26,29H,5-12,15-25H2,1-4H3/p+1/b14-13-/t26-/m1/s1. The van der Waals surface area contributed by atoms with Crippen LogP contribution in [-0.4, -0.2) is 74.1 Å². The Morgan fingerprint density at radius 3 is 1.92 bits per heavy atom. The van der Waals surface area contributed by atoms with Crippen molar-refractivity contribution in [1.82, 2.24) is 0 Å². The highest BCUT2D eigenvalue weighted by Gasteiger charge is 2.24. The molecule has 2 N–H and O–H groups in total. The van der Waals surface area contributed by atoms with Crippen molar-refractivity contribution >= 4 is 13.8 Å². The third kappa shape index (κ3) is 26.3. The highest BCUT2D eigenvalue weighted by Crippen LogP contribution is 2.43. The second-order valence-corrected chi connectivity index (χ2v) is 12.1. The molecule has 0 amide bonds. The molecule has 0 aromatic carbocycles. The lowest BCUT2D eigenvalue weighted by Gasteiger charge is -2.24. The van der Waals surface area contributed by atoms with Gasteiger partial charge in [-0.15, -0.1) is 0 Å². The Hall–Kier alpha value is -0.760. The van der Waals surface area contributed by atoms with Crippen LogP contribution in [0.4, 0.5) is 0 Å². The van der Waals surface area contributed by atoms with E-state index in [2.05, 4.69) is 19.1 Å². The predicted octanol–water partition coefficient (Wildman–Crippen LogP) is 6.16. The highest BCUT2D eigenvalue weighted by atomic mass is 31.2. The molecule has 0 fully saturated rings. The fraction of sp³-hybridized carbons (Fsp3) is 0.889. The smallest absolute Gasteiger partial charge is 0.463 e. The lowest BCUT2D eigenvalue weighted by Crippen LogP contribution is -2.37. The molecule has 0 radical (unpaired) electrons. The van der Waals surface area contributed by atoms with Gasteiger partial charge < -0.3 is 19.2 Å². The fourth-order valence-corrected chi connectivity index (χ4v) is 4.22. The third-order valence-electron chi connectivity index (χ3n) is 5.78. The van der Waals surface area contributed by atoms with Gasteiger partial charge in [0, 0.05) is 6.42 Å². The summed E-state index contributed by atoms with van der Waals surface area (Å²) >= 11 is 0. The lowest BCUT2D eigenvalue weighted by molar-refractivity contribution is -0.870. The summed E-state index contributed by atoms with van der Waals surface area (Å²) < 4.78 is 27.0. The number of aliphatic hydroxyl groups excluding tert-OH is 1. The average Bonchev–Trinajstić information content (AvgIpc) is 2.80. The first-order valence-corrected chi connectivity index (χ1v) is 15.5. The molecule has 0 rings (SSSR count). The number of rotatable bonds is 25. The number of hydrogen-bond donors (Lipinski definition) is 2. The lowest BCUT2D eigenvalue weighted by atomic mass is 10.1. The summed E-state index contributed by atoms with van der Waals surface area (Å²) in [5.41, 5.74) is 0. The molecule has 0 aliphatic carbocycles. The number of hydrogen-bond acceptors (Lipinski definition) is 6. The molecule has 0 aromatic heterocycles. The molecule has 0 saturated carbocycles.